The summed E-state index contributed by atoms with van der Waals surface area (Å²) in [6, 6.07) is 14.9. The molecule has 0 heterocycles. The van der Waals surface area contributed by atoms with Crippen molar-refractivity contribution in [2.45, 2.75) is 6.04 Å². The SMILES string of the molecule is O=C(NC(CO)C(=O)O)c1ccccc1-c1ccccc1. The first-order chi connectivity index (χ1) is 10.1. The van der Waals surface area contributed by atoms with Gasteiger partial charge in [-0.05, 0) is 17.2 Å². The Balaban J connectivity index is 2.32. The quantitative estimate of drug-likeness (QED) is 0.777. The largest absolute Gasteiger partial charge is 0.480 e. The van der Waals surface area contributed by atoms with Crippen LogP contribution in [0.15, 0.2) is 54.6 Å². The molecular formula is C16H15NO4. The summed E-state index contributed by atoms with van der Waals surface area (Å²) in [5, 5.41) is 20.2. The molecule has 0 aliphatic carbocycles. The van der Waals surface area contributed by atoms with Crippen LogP contribution < -0.4 is 5.32 Å². The van der Waals surface area contributed by atoms with E-state index in [9.17, 15) is 9.59 Å². The predicted octanol–water partition coefficient (Wildman–Crippen LogP) is 1.53. The van der Waals surface area contributed by atoms with Gasteiger partial charge in [-0.3, -0.25) is 4.79 Å². The van der Waals surface area contributed by atoms with Crippen molar-refractivity contribution in [2.75, 3.05) is 6.61 Å². The van der Waals surface area contributed by atoms with Crippen molar-refractivity contribution in [2.24, 2.45) is 0 Å². The van der Waals surface area contributed by atoms with E-state index >= 15 is 0 Å². The molecule has 3 N–H and O–H groups in total. The molecule has 0 aliphatic rings. The molecule has 0 spiro atoms. The molecule has 2 rings (SSSR count). The summed E-state index contributed by atoms with van der Waals surface area (Å²) in [6.45, 7) is -0.658. The Bertz CT molecular complexity index is 640. The van der Waals surface area contributed by atoms with E-state index in [2.05, 4.69) is 5.32 Å². The van der Waals surface area contributed by atoms with E-state index < -0.39 is 24.5 Å². The molecule has 1 atom stereocenters. The highest BCUT2D eigenvalue weighted by Gasteiger charge is 2.21. The van der Waals surface area contributed by atoms with Crippen molar-refractivity contribution in [3.63, 3.8) is 0 Å². The van der Waals surface area contributed by atoms with Gasteiger partial charge in [-0.1, -0.05) is 48.5 Å². The van der Waals surface area contributed by atoms with Crippen LogP contribution in [0, 0.1) is 0 Å². The van der Waals surface area contributed by atoms with Crippen LogP contribution in [0.4, 0.5) is 0 Å². The molecule has 5 heteroatoms. The highest BCUT2D eigenvalue weighted by Crippen LogP contribution is 2.23. The van der Waals surface area contributed by atoms with Crippen LogP contribution in [0.2, 0.25) is 0 Å². The summed E-state index contributed by atoms with van der Waals surface area (Å²) >= 11 is 0. The first kappa shape index (κ1) is 14.7. The predicted molar refractivity (Wildman–Crippen MR) is 77.9 cm³/mol. The van der Waals surface area contributed by atoms with E-state index in [0.717, 1.165) is 5.56 Å². The minimum atomic E-state index is -1.32. The van der Waals surface area contributed by atoms with E-state index in [1.807, 2.05) is 30.3 Å². The van der Waals surface area contributed by atoms with Gasteiger partial charge in [0, 0.05) is 5.56 Å². The fourth-order valence-corrected chi connectivity index (χ4v) is 1.97. The molecule has 21 heavy (non-hydrogen) atoms. The number of carbonyl (C=O) groups excluding carboxylic acids is 1. The molecule has 2 aromatic carbocycles. The van der Waals surface area contributed by atoms with Gasteiger partial charge < -0.3 is 15.5 Å². The molecule has 0 bridgehead atoms. The standard InChI is InChI=1S/C16H15NO4/c18-10-14(16(20)21)17-15(19)13-9-5-4-8-12(13)11-6-2-1-3-7-11/h1-9,14,18H,10H2,(H,17,19)(H,20,21). The summed E-state index contributed by atoms with van der Waals surface area (Å²) in [5.41, 5.74) is 1.93. The summed E-state index contributed by atoms with van der Waals surface area (Å²) in [7, 11) is 0. The maximum Gasteiger partial charge on any atom is 0.328 e. The van der Waals surface area contributed by atoms with Gasteiger partial charge in [0.1, 0.15) is 0 Å². The van der Waals surface area contributed by atoms with Gasteiger partial charge in [-0.25, -0.2) is 4.79 Å². The number of aliphatic hydroxyl groups is 1. The van der Waals surface area contributed by atoms with Gasteiger partial charge in [-0.2, -0.15) is 0 Å². The summed E-state index contributed by atoms with van der Waals surface area (Å²) < 4.78 is 0. The Hall–Kier alpha value is -2.66. The fourth-order valence-electron chi connectivity index (χ4n) is 1.97. The van der Waals surface area contributed by atoms with Crippen LogP contribution in [0.5, 0.6) is 0 Å². The molecule has 5 nitrogen and oxygen atoms in total. The first-order valence-corrected chi connectivity index (χ1v) is 6.42. The number of carbonyl (C=O) groups is 2. The molecule has 0 fully saturated rings. The Labute approximate surface area is 121 Å². The summed E-state index contributed by atoms with van der Waals surface area (Å²) in [4.78, 5) is 23.1. The van der Waals surface area contributed by atoms with Crippen molar-refractivity contribution < 1.29 is 19.8 Å². The fraction of sp³-hybridized carbons (Fsp3) is 0.125. The van der Waals surface area contributed by atoms with Crippen LogP contribution in [0.25, 0.3) is 11.1 Å². The normalized spacial score (nSPS) is 11.7. The van der Waals surface area contributed by atoms with Crippen molar-refractivity contribution in [1.29, 1.82) is 0 Å². The lowest BCUT2D eigenvalue weighted by Crippen LogP contribution is -2.43. The zero-order valence-corrected chi connectivity index (χ0v) is 11.2. The van der Waals surface area contributed by atoms with Crippen LogP contribution >= 0.6 is 0 Å². The number of hydrogen-bond acceptors (Lipinski definition) is 3. The highest BCUT2D eigenvalue weighted by molar-refractivity contribution is 6.02. The van der Waals surface area contributed by atoms with E-state index in [-0.39, 0.29) is 0 Å². The van der Waals surface area contributed by atoms with Crippen LogP contribution in [0.3, 0.4) is 0 Å². The molecule has 0 saturated carbocycles. The zero-order valence-electron chi connectivity index (χ0n) is 11.2. The maximum atomic E-state index is 12.2. The second kappa shape index (κ2) is 6.67. The lowest BCUT2D eigenvalue weighted by molar-refractivity contribution is -0.140. The number of carboxylic acids is 1. The van der Waals surface area contributed by atoms with Gasteiger partial charge in [0.15, 0.2) is 6.04 Å². The molecule has 1 amide bonds. The van der Waals surface area contributed by atoms with Crippen LogP contribution in [0.1, 0.15) is 10.4 Å². The molecule has 0 radical (unpaired) electrons. The molecule has 2 aromatic rings. The van der Waals surface area contributed by atoms with E-state index in [0.29, 0.717) is 11.1 Å². The number of rotatable bonds is 5. The first-order valence-electron chi connectivity index (χ1n) is 6.42. The minimum Gasteiger partial charge on any atom is -0.480 e. The van der Waals surface area contributed by atoms with Gasteiger partial charge >= 0.3 is 5.97 Å². The lowest BCUT2D eigenvalue weighted by atomic mass is 9.99. The zero-order chi connectivity index (χ0) is 15.2. The second-order valence-electron chi connectivity index (χ2n) is 4.46. The Kier molecular flexibility index (Phi) is 4.68. The number of hydrogen-bond donors (Lipinski definition) is 3. The lowest BCUT2D eigenvalue weighted by Gasteiger charge is -2.14. The van der Waals surface area contributed by atoms with Crippen LogP contribution in [-0.2, 0) is 4.79 Å². The third-order valence-corrected chi connectivity index (χ3v) is 3.04. The molecule has 108 valence electrons. The average Bonchev–Trinajstić information content (AvgIpc) is 2.53. The van der Waals surface area contributed by atoms with E-state index in [1.165, 1.54) is 0 Å². The summed E-state index contributed by atoms with van der Waals surface area (Å²) in [6.07, 6.45) is 0. The molecule has 0 saturated heterocycles. The van der Waals surface area contributed by atoms with Crippen molar-refractivity contribution >= 4 is 11.9 Å². The van der Waals surface area contributed by atoms with Gasteiger partial charge in [0.25, 0.3) is 5.91 Å². The van der Waals surface area contributed by atoms with Gasteiger partial charge in [0.05, 0.1) is 6.61 Å². The Morgan fingerprint density at radius 2 is 1.62 bits per heavy atom. The number of carboxylic acid groups (broad SMARTS) is 1. The average molecular weight is 285 g/mol. The Morgan fingerprint density at radius 1 is 1.00 bits per heavy atom. The van der Waals surface area contributed by atoms with E-state index in [1.54, 1.807) is 24.3 Å². The topological polar surface area (TPSA) is 86.6 Å². The molecular weight excluding hydrogens is 270 g/mol. The number of benzene rings is 2. The van der Waals surface area contributed by atoms with Crippen LogP contribution in [-0.4, -0.2) is 34.7 Å². The minimum absolute atomic E-state index is 0.364. The number of amides is 1. The smallest absolute Gasteiger partial charge is 0.328 e. The monoisotopic (exact) mass is 285 g/mol. The van der Waals surface area contributed by atoms with Gasteiger partial charge in [-0.15, -0.1) is 0 Å². The number of aliphatic carboxylic acids is 1. The third-order valence-electron chi connectivity index (χ3n) is 3.04. The van der Waals surface area contributed by atoms with Crippen molar-refractivity contribution in [3.05, 3.63) is 60.2 Å². The maximum absolute atomic E-state index is 12.2. The molecule has 0 aliphatic heterocycles. The third kappa shape index (κ3) is 3.46. The highest BCUT2D eigenvalue weighted by atomic mass is 16.4. The summed E-state index contributed by atoms with van der Waals surface area (Å²) in [5.74, 6) is -1.81. The number of aliphatic hydroxyl groups excluding tert-OH is 1. The van der Waals surface area contributed by atoms with Gasteiger partial charge in [0.2, 0.25) is 0 Å². The Morgan fingerprint density at radius 3 is 2.24 bits per heavy atom. The molecule has 1 unspecified atom stereocenters. The van der Waals surface area contributed by atoms with Crippen molar-refractivity contribution in [1.82, 2.24) is 5.32 Å². The number of nitrogens with one attached hydrogen (secondary N) is 1. The molecule has 0 aromatic heterocycles. The van der Waals surface area contributed by atoms with E-state index in [4.69, 9.17) is 10.2 Å². The van der Waals surface area contributed by atoms with Crippen molar-refractivity contribution in [3.8, 4) is 11.1 Å². The second-order valence-corrected chi connectivity index (χ2v) is 4.46.